The Balaban J connectivity index is 2.09. The lowest BCUT2D eigenvalue weighted by molar-refractivity contribution is -0.149. The number of ketones is 1. The first-order valence-electron chi connectivity index (χ1n) is 6.89. The summed E-state index contributed by atoms with van der Waals surface area (Å²) in [5.74, 6) is -0.184. The van der Waals surface area contributed by atoms with E-state index in [4.69, 9.17) is 10.5 Å². The highest BCUT2D eigenvalue weighted by molar-refractivity contribution is 5.92. The molecule has 5 nitrogen and oxygen atoms in total. The number of pyridine rings is 1. The van der Waals surface area contributed by atoms with E-state index in [1.165, 1.54) is 6.92 Å². The van der Waals surface area contributed by atoms with Gasteiger partial charge in [-0.25, -0.2) is 0 Å². The minimum atomic E-state index is -0.889. The summed E-state index contributed by atoms with van der Waals surface area (Å²) in [7, 11) is 0. The fourth-order valence-corrected chi connectivity index (χ4v) is 2.68. The second-order valence-corrected chi connectivity index (χ2v) is 5.35. The second-order valence-electron chi connectivity index (χ2n) is 5.35. The van der Waals surface area contributed by atoms with Gasteiger partial charge >= 0.3 is 5.97 Å². The van der Waals surface area contributed by atoms with Crippen molar-refractivity contribution < 1.29 is 14.3 Å². The Labute approximate surface area is 118 Å². The number of rotatable bonds is 4. The molecular formula is C15H20N2O3. The molecule has 1 aromatic rings. The average molecular weight is 276 g/mol. The van der Waals surface area contributed by atoms with Crippen molar-refractivity contribution in [1.29, 1.82) is 0 Å². The van der Waals surface area contributed by atoms with Crippen molar-refractivity contribution in [1.82, 2.24) is 4.98 Å². The number of esters is 1. The number of Topliss-reactive ketones (excluding diaryl/α,β-unsaturated/α-hetero) is 1. The van der Waals surface area contributed by atoms with Crippen LogP contribution in [0.1, 0.15) is 55.1 Å². The van der Waals surface area contributed by atoms with E-state index >= 15 is 0 Å². The zero-order chi connectivity index (χ0) is 14.8. The van der Waals surface area contributed by atoms with Gasteiger partial charge < -0.3 is 10.5 Å². The number of carbonyl (C=O) groups is 2. The van der Waals surface area contributed by atoms with E-state index in [0.717, 1.165) is 12.0 Å². The van der Waals surface area contributed by atoms with Gasteiger partial charge in [-0.2, -0.15) is 0 Å². The molecule has 2 unspecified atom stereocenters. The van der Waals surface area contributed by atoms with Crippen LogP contribution in [-0.2, 0) is 9.53 Å². The highest BCUT2D eigenvalue weighted by Gasteiger charge is 2.43. The molecular weight excluding hydrogens is 256 g/mol. The summed E-state index contributed by atoms with van der Waals surface area (Å²) < 4.78 is 5.04. The van der Waals surface area contributed by atoms with Crippen molar-refractivity contribution >= 4 is 11.8 Å². The lowest BCUT2D eigenvalue weighted by Gasteiger charge is -2.21. The highest BCUT2D eigenvalue weighted by Crippen LogP contribution is 2.40. The molecule has 0 aliphatic heterocycles. The average Bonchev–Trinajstić information content (AvgIpc) is 2.83. The third kappa shape index (κ3) is 2.88. The Morgan fingerprint density at radius 2 is 2.25 bits per heavy atom. The maximum absolute atomic E-state index is 11.9. The smallest absolute Gasteiger partial charge is 0.326 e. The predicted octanol–water partition coefficient (Wildman–Crippen LogP) is 1.81. The summed E-state index contributed by atoms with van der Waals surface area (Å²) in [6.45, 7) is 3.61. The number of hydrogen-bond donors (Lipinski definition) is 1. The Kier molecular flexibility index (Phi) is 4.18. The summed E-state index contributed by atoms with van der Waals surface area (Å²) in [5.41, 5.74) is 6.73. The van der Waals surface area contributed by atoms with Crippen LogP contribution >= 0.6 is 0 Å². The van der Waals surface area contributed by atoms with Crippen LogP contribution in [0.2, 0.25) is 0 Å². The molecule has 1 fully saturated rings. The van der Waals surface area contributed by atoms with Gasteiger partial charge in [0.15, 0.2) is 5.78 Å². The van der Waals surface area contributed by atoms with Crippen LogP contribution in [0.4, 0.5) is 0 Å². The fraction of sp³-hybridized carbons (Fsp3) is 0.533. The van der Waals surface area contributed by atoms with Gasteiger partial charge in [0.05, 0.1) is 6.61 Å². The van der Waals surface area contributed by atoms with E-state index in [2.05, 4.69) is 4.98 Å². The number of ether oxygens (including phenoxy) is 1. The fourth-order valence-electron chi connectivity index (χ4n) is 2.68. The Bertz CT molecular complexity index is 512. The van der Waals surface area contributed by atoms with Gasteiger partial charge in [0, 0.05) is 13.1 Å². The maximum atomic E-state index is 11.9. The van der Waals surface area contributed by atoms with Crippen molar-refractivity contribution in [3.8, 4) is 0 Å². The van der Waals surface area contributed by atoms with Gasteiger partial charge in [-0.05, 0) is 43.7 Å². The highest BCUT2D eigenvalue weighted by atomic mass is 16.5. The van der Waals surface area contributed by atoms with E-state index < -0.39 is 5.54 Å². The van der Waals surface area contributed by atoms with Crippen LogP contribution in [0.3, 0.4) is 0 Å². The number of carbonyl (C=O) groups excluding carboxylic acids is 2. The second kappa shape index (κ2) is 5.71. The lowest BCUT2D eigenvalue weighted by atomic mass is 9.94. The van der Waals surface area contributed by atoms with Gasteiger partial charge in [0.25, 0.3) is 0 Å². The molecule has 2 atom stereocenters. The van der Waals surface area contributed by atoms with Crippen LogP contribution in [0, 0.1) is 0 Å². The van der Waals surface area contributed by atoms with E-state index in [1.807, 2.05) is 6.07 Å². The van der Waals surface area contributed by atoms with Crippen LogP contribution in [0.15, 0.2) is 18.3 Å². The minimum absolute atomic E-state index is 0.0531. The van der Waals surface area contributed by atoms with E-state index in [-0.39, 0.29) is 17.7 Å². The quantitative estimate of drug-likeness (QED) is 0.670. The zero-order valence-corrected chi connectivity index (χ0v) is 11.9. The van der Waals surface area contributed by atoms with Gasteiger partial charge in [-0.3, -0.25) is 14.6 Å². The van der Waals surface area contributed by atoms with Crippen molar-refractivity contribution in [3.05, 3.63) is 29.6 Å². The van der Waals surface area contributed by atoms with Crippen LogP contribution < -0.4 is 5.73 Å². The molecule has 1 aromatic heterocycles. The van der Waals surface area contributed by atoms with Crippen molar-refractivity contribution in [2.75, 3.05) is 6.61 Å². The van der Waals surface area contributed by atoms with E-state index in [9.17, 15) is 9.59 Å². The topological polar surface area (TPSA) is 82.3 Å². The molecule has 0 amide bonds. The van der Waals surface area contributed by atoms with Crippen LogP contribution in [0.25, 0.3) is 0 Å². The third-order valence-electron chi connectivity index (χ3n) is 3.85. The largest absolute Gasteiger partial charge is 0.465 e. The molecule has 1 aliphatic rings. The first-order chi connectivity index (χ1) is 9.46. The zero-order valence-electron chi connectivity index (χ0n) is 11.9. The standard InChI is InChI=1S/C15H20N2O3/c1-3-20-14(19)15(16)7-6-11(8-15)12-4-5-13(10(2)18)17-9-12/h4-5,9,11H,3,6-8,16H2,1-2H3. The van der Waals surface area contributed by atoms with Crippen LogP contribution in [0.5, 0.6) is 0 Å². The van der Waals surface area contributed by atoms with Crippen LogP contribution in [-0.4, -0.2) is 28.9 Å². The number of nitrogens with two attached hydrogens (primary N) is 1. The molecule has 108 valence electrons. The number of hydrogen-bond acceptors (Lipinski definition) is 5. The third-order valence-corrected chi connectivity index (χ3v) is 3.85. The normalized spacial score (nSPS) is 25.4. The van der Waals surface area contributed by atoms with E-state index in [1.54, 1.807) is 19.2 Å². The Hall–Kier alpha value is -1.75. The summed E-state index contributed by atoms with van der Waals surface area (Å²) in [4.78, 5) is 27.2. The van der Waals surface area contributed by atoms with Gasteiger partial charge in [-0.1, -0.05) is 6.07 Å². The van der Waals surface area contributed by atoms with Gasteiger partial charge in [-0.15, -0.1) is 0 Å². The first kappa shape index (κ1) is 14.7. The summed E-state index contributed by atoms with van der Waals surface area (Å²) in [6.07, 6.45) is 3.71. The minimum Gasteiger partial charge on any atom is -0.465 e. The summed E-state index contributed by atoms with van der Waals surface area (Å²) in [5, 5.41) is 0. The maximum Gasteiger partial charge on any atom is 0.326 e. The number of aromatic nitrogens is 1. The van der Waals surface area contributed by atoms with Crippen molar-refractivity contribution in [2.24, 2.45) is 5.73 Å². The molecule has 1 saturated carbocycles. The molecule has 0 aromatic carbocycles. The molecule has 20 heavy (non-hydrogen) atoms. The molecule has 1 heterocycles. The summed E-state index contributed by atoms with van der Waals surface area (Å²) >= 11 is 0. The molecule has 0 radical (unpaired) electrons. The first-order valence-corrected chi connectivity index (χ1v) is 6.89. The predicted molar refractivity (Wildman–Crippen MR) is 74.4 cm³/mol. The SMILES string of the molecule is CCOC(=O)C1(N)CCC(c2ccc(C(C)=O)nc2)C1. The number of nitrogens with zero attached hydrogens (tertiary/aromatic N) is 1. The Morgan fingerprint density at radius 3 is 2.80 bits per heavy atom. The molecule has 0 spiro atoms. The monoisotopic (exact) mass is 276 g/mol. The van der Waals surface area contributed by atoms with E-state index in [0.29, 0.717) is 25.1 Å². The molecule has 2 N–H and O–H groups in total. The molecule has 0 bridgehead atoms. The molecule has 2 rings (SSSR count). The van der Waals surface area contributed by atoms with Gasteiger partial charge in [0.1, 0.15) is 11.2 Å². The summed E-state index contributed by atoms with van der Waals surface area (Å²) in [6, 6.07) is 3.61. The van der Waals surface area contributed by atoms with Crippen molar-refractivity contribution in [3.63, 3.8) is 0 Å². The lowest BCUT2D eigenvalue weighted by Crippen LogP contribution is -2.46. The molecule has 5 heteroatoms. The molecule has 1 aliphatic carbocycles. The Morgan fingerprint density at radius 1 is 1.50 bits per heavy atom. The van der Waals surface area contributed by atoms with Crippen molar-refractivity contribution in [2.45, 2.75) is 44.6 Å². The molecule has 0 saturated heterocycles. The van der Waals surface area contributed by atoms with Gasteiger partial charge in [0.2, 0.25) is 0 Å².